The summed E-state index contributed by atoms with van der Waals surface area (Å²) in [5, 5.41) is 3.64. The highest BCUT2D eigenvalue weighted by Crippen LogP contribution is 2.36. The summed E-state index contributed by atoms with van der Waals surface area (Å²) in [7, 11) is 1.72. The van der Waals surface area contributed by atoms with E-state index in [0.717, 1.165) is 28.8 Å². The first-order valence-electron chi connectivity index (χ1n) is 6.86. The van der Waals surface area contributed by atoms with Crippen molar-refractivity contribution in [1.29, 1.82) is 0 Å². The third-order valence-corrected chi connectivity index (χ3v) is 4.27. The Balaban J connectivity index is 1.87. The SMILES string of the molecule is COc1ccc2c(c1)C(Nc1cc(C)cc(Br)c1)CC2. The second-order valence-corrected chi connectivity index (χ2v) is 6.23. The summed E-state index contributed by atoms with van der Waals surface area (Å²) < 4.78 is 6.46. The van der Waals surface area contributed by atoms with Crippen LogP contribution in [0.3, 0.4) is 0 Å². The predicted octanol–water partition coefficient (Wildman–Crippen LogP) is 4.87. The minimum Gasteiger partial charge on any atom is -0.497 e. The zero-order valence-electron chi connectivity index (χ0n) is 11.7. The van der Waals surface area contributed by atoms with Gasteiger partial charge in [-0.3, -0.25) is 0 Å². The molecule has 2 aromatic rings. The molecule has 0 fully saturated rings. The number of anilines is 1. The van der Waals surface area contributed by atoms with Crippen molar-refractivity contribution >= 4 is 21.6 Å². The van der Waals surface area contributed by atoms with Crippen LogP contribution in [0.5, 0.6) is 5.75 Å². The van der Waals surface area contributed by atoms with Gasteiger partial charge in [0.1, 0.15) is 5.75 Å². The Kier molecular flexibility index (Phi) is 3.70. The molecule has 0 aromatic heterocycles. The molecule has 0 aliphatic heterocycles. The van der Waals surface area contributed by atoms with Crippen LogP contribution in [0.15, 0.2) is 40.9 Å². The molecule has 3 rings (SSSR count). The number of hydrogen-bond donors (Lipinski definition) is 1. The van der Waals surface area contributed by atoms with E-state index < -0.39 is 0 Å². The molecule has 1 N–H and O–H groups in total. The van der Waals surface area contributed by atoms with Crippen LogP contribution < -0.4 is 10.1 Å². The lowest BCUT2D eigenvalue weighted by molar-refractivity contribution is 0.414. The number of rotatable bonds is 3. The highest BCUT2D eigenvalue weighted by atomic mass is 79.9. The molecule has 20 heavy (non-hydrogen) atoms. The summed E-state index contributed by atoms with van der Waals surface area (Å²) in [5.41, 5.74) is 5.21. The first-order chi connectivity index (χ1) is 9.65. The Morgan fingerprint density at radius 1 is 1.20 bits per heavy atom. The van der Waals surface area contributed by atoms with Gasteiger partial charge < -0.3 is 10.1 Å². The van der Waals surface area contributed by atoms with E-state index in [2.05, 4.69) is 58.5 Å². The van der Waals surface area contributed by atoms with E-state index in [0.29, 0.717) is 6.04 Å². The van der Waals surface area contributed by atoms with Crippen LogP contribution in [0.25, 0.3) is 0 Å². The van der Waals surface area contributed by atoms with Crippen molar-refractivity contribution in [3.63, 3.8) is 0 Å². The van der Waals surface area contributed by atoms with Crippen LogP contribution in [-0.4, -0.2) is 7.11 Å². The van der Waals surface area contributed by atoms with Gasteiger partial charge in [0, 0.05) is 10.2 Å². The minimum atomic E-state index is 0.369. The fraction of sp³-hybridized carbons (Fsp3) is 0.294. The van der Waals surface area contributed by atoms with Gasteiger partial charge in [-0.15, -0.1) is 0 Å². The van der Waals surface area contributed by atoms with Crippen molar-refractivity contribution in [3.8, 4) is 5.75 Å². The minimum absolute atomic E-state index is 0.369. The molecule has 0 spiro atoms. The molecule has 0 saturated carbocycles. The number of fused-ring (bicyclic) bond motifs is 1. The molecule has 3 heteroatoms. The van der Waals surface area contributed by atoms with Gasteiger partial charge >= 0.3 is 0 Å². The molecule has 104 valence electrons. The van der Waals surface area contributed by atoms with Crippen molar-refractivity contribution < 1.29 is 4.74 Å². The number of hydrogen-bond acceptors (Lipinski definition) is 2. The average molecular weight is 332 g/mol. The first-order valence-corrected chi connectivity index (χ1v) is 7.65. The van der Waals surface area contributed by atoms with Crippen molar-refractivity contribution in [3.05, 3.63) is 57.6 Å². The molecule has 0 amide bonds. The topological polar surface area (TPSA) is 21.3 Å². The quantitative estimate of drug-likeness (QED) is 0.866. The fourth-order valence-electron chi connectivity index (χ4n) is 2.88. The third kappa shape index (κ3) is 2.68. The van der Waals surface area contributed by atoms with Crippen LogP contribution >= 0.6 is 15.9 Å². The summed E-state index contributed by atoms with van der Waals surface area (Å²) in [5.74, 6) is 0.933. The van der Waals surface area contributed by atoms with E-state index in [9.17, 15) is 0 Å². The zero-order chi connectivity index (χ0) is 14.1. The molecular weight excluding hydrogens is 314 g/mol. The molecule has 1 aliphatic rings. The van der Waals surface area contributed by atoms with Crippen molar-refractivity contribution in [2.45, 2.75) is 25.8 Å². The molecule has 0 bridgehead atoms. The van der Waals surface area contributed by atoms with Gasteiger partial charge in [-0.2, -0.15) is 0 Å². The number of halogens is 1. The zero-order valence-corrected chi connectivity index (χ0v) is 13.3. The summed E-state index contributed by atoms with van der Waals surface area (Å²) in [6.45, 7) is 2.11. The Morgan fingerprint density at radius 2 is 2.05 bits per heavy atom. The van der Waals surface area contributed by atoms with Gasteiger partial charge in [-0.1, -0.05) is 22.0 Å². The Morgan fingerprint density at radius 3 is 2.80 bits per heavy atom. The van der Waals surface area contributed by atoms with E-state index in [1.54, 1.807) is 7.11 Å². The Labute approximate surface area is 128 Å². The molecule has 0 saturated heterocycles. The highest BCUT2D eigenvalue weighted by molar-refractivity contribution is 9.10. The number of ether oxygens (including phenoxy) is 1. The monoisotopic (exact) mass is 331 g/mol. The second-order valence-electron chi connectivity index (χ2n) is 5.32. The molecule has 1 aliphatic carbocycles. The Hall–Kier alpha value is -1.48. The van der Waals surface area contributed by atoms with Gasteiger partial charge in [0.15, 0.2) is 0 Å². The maximum Gasteiger partial charge on any atom is 0.119 e. The van der Waals surface area contributed by atoms with Gasteiger partial charge in [0.2, 0.25) is 0 Å². The van der Waals surface area contributed by atoms with Gasteiger partial charge in [-0.05, 0) is 66.8 Å². The van der Waals surface area contributed by atoms with E-state index in [1.165, 1.54) is 16.7 Å². The standard InChI is InChI=1S/C17H18BrNO/c1-11-7-13(18)9-14(8-11)19-17-6-4-12-3-5-15(20-2)10-16(12)17/h3,5,7-10,17,19H,4,6H2,1-2H3. The van der Waals surface area contributed by atoms with Crippen LogP contribution in [0.2, 0.25) is 0 Å². The smallest absolute Gasteiger partial charge is 0.119 e. The lowest BCUT2D eigenvalue weighted by Crippen LogP contribution is -2.07. The fourth-order valence-corrected chi connectivity index (χ4v) is 3.49. The lowest BCUT2D eigenvalue weighted by Gasteiger charge is -2.17. The van der Waals surface area contributed by atoms with E-state index in [-0.39, 0.29) is 0 Å². The van der Waals surface area contributed by atoms with E-state index in [1.807, 2.05) is 6.07 Å². The van der Waals surface area contributed by atoms with Gasteiger partial charge in [0.05, 0.1) is 13.2 Å². The van der Waals surface area contributed by atoms with Gasteiger partial charge in [0.25, 0.3) is 0 Å². The van der Waals surface area contributed by atoms with Crippen LogP contribution in [-0.2, 0) is 6.42 Å². The summed E-state index contributed by atoms with van der Waals surface area (Å²) in [4.78, 5) is 0. The van der Waals surface area contributed by atoms with Crippen LogP contribution in [0.4, 0.5) is 5.69 Å². The average Bonchev–Trinajstić information content (AvgIpc) is 2.80. The number of benzene rings is 2. The normalized spacial score (nSPS) is 16.9. The largest absolute Gasteiger partial charge is 0.497 e. The Bertz CT molecular complexity index is 619. The lowest BCUT2D eigenvalue weighted by atomic mass is 10.1. The number of nitrogens with one attached hydrogen (secondary N) is 1. The van der Waals surface area contributed by atoms with Crippen molar-refractivity contribution in [2.75, 3.05) is 12.4 Å². The molecule has 1 atom stereocenters. The van der Waals surface area contributed by atoms with Crippen LogP contribution in [0, 0.1) is 6.92 Å². The van der Waals surface area contributed by atoms with Crippen LogP contribution in [0.1, 0.15) is 29.2 Å². The van der Waals surface area contributed by atoms with Crippen molar-refractivity contribution in [2.24, 2.45) is 0 Å². The third-order valence-electron chi connectivity index (χ3n) is 3.81. The van der Waals surface area contributed by atoms with Gasteiger partial charge in [-0.25, -0.2) is 0 Å². The predicted molar refractivity (Wildman–Crippen MR) is 86.6 cm³/mol. The summed E-state index contributed by atoms with van der Waals surface area (Å²) >= 11 is 3.56. The van der Waals surface area contributed by atoms with Crippen molar-refractivity contribution in [1.82, 2.24) is 0 Å². The molecule has 1 unspecified atom stereocenters. The summed E-state index contributed by atoms with van der Waals surface area (Å²) in [6, 6.07) is 13.2. The molecular formula is C17H18BrNO. The maximum absolute atomic E-state index is 5.34. The second kappa shape index (κ2) is 5.49. The van der Waals surface area contributed by atoms with E-state index in [4.69, 9.17) is 4.74 Å². The highest BCUT2D eigenvalue weighted by Gasteiger charge is 2.22. The summed E-state index contributed by atoms with van der Waals surface area (Å²) in [6.07, 6.45) is 2.26. The maximum atomic E-state index is 5.34. The molecule has 0 radical (unpaired) electrons. The number of aryl methyl sites for hydroxylation is 2. The molecule has 2 aromatic carbocycles. The van der Waals surface area contributed by atoms with E-state index >= 15 is 0 Å². The molecule has 2 nitrogen and oxygen atoms in total. The number of methoxy groups -OCH3 is 1. The first kappa shape index (κ1) is 13.5. The molecule has 0 heterocycles.